The number of rotatable bonds is 8. The molecule has 0 spiro atoms. The molecule has 0 aliphatic carbocycles. The highest BCUT2D eigenvalue weighted by Crippen LogP contribution is 2.18. The Hall–Kier alpha value is -1.28. The van der Waals surface area contributed by atoms with E-state index in [0.29, 0.717) is 5.57 Å². The van der Waals surface area contributed by atoms with E-state index in [1.54, 1.807) is 0 Å². The minimum atomic E-state index is -2.25. The molecule has 0 amide bonds. The number of benzene rings is 1. The first kappa shape index (κ1) is 17.8. The Morgan fingerprint density at radius 1 is 1.24 bits per heavy atom. The van der Waals surface area contributed by atoms with Gasteiger partial charge in [-0.1, -0.05) is 36.9 Å². The van der Waals surface area contributed by atoms with Crippen LogP contribution in [-0.4, -0.2) is 62.7 Å². The molecule has 6 nitrogen and oxygen atoms in total. The van der Waals surface area contributed by atoms with Crippen molar-refractivity contribution in [3.63, 3.8) is 0 Å². The molecule has 0 unspecified atom stereocenters. The summed E-state index contributed by atoms with van der Waals surface area (Å²) in [6, 6.07) is 9.18. The van der Waals surface area contributed by atoms with Crippen molar-refractivity contribution >= 4 is 5.57 Å². The van der Waals surface area contributed by atoms with Gasteiger partial charge < -0.3 is 25.5 Å². The molecule has 0 saturated heterocycles. The lowest BCUT2D eigenvalue weighted by atomic mass is 9.95. The van der Waals surface area contributed by atoms with E-state index >= 15 is 0 Å². The predicted octanol–water partition coefficient (Wildman–Crippen LogP) is -0.927. The van der Waals surface area contributed by atoms with Crippen molar-refractivity contribution in [2.45, 2.75) is 31.0 Å². The summed E-state index contributed by atoms with van der Waals surface area (Å²) in [5, 5.41) is 50.9. The predicted molar refractivity (Wildman–Crippen MR) is 79.2 cm³/mol. The van der Waals surface area contributed by atoms with Gasteiger partial charge in [0.2, 0.25) is 0 Å². The first-order chi connectivity index (χ1) is 9.82. The molecule has 4 atom stereocenters. The lowest BCUT2D eigenvalue weighted by molar-refractivity contribution is -0.197. The Morgan fingerprint density at radius 3 is 2.29 bits per heavy atom. The minimum Gasteiger partial charge on any atom is -0.394 e. The van der Waals surface area contributed by atoms with Crippen LogP contribution in [0.4, 0.5) is 0 Å². The van der Waals surface area contributed by atoms with E-state index in [1.807, 2.05) is 30.3 Å². The second kappa shape index (κ2) is 7.65. The summed E-state index contributed by atoms with van der Waals surface area (Å²) in [5.41, 5.74) is -0.796. The van der Waals surface area contributed by atoms with Gasteiger partial charge in [0, 0.05) is 6.54 Å². The Morgan fingerprint density at radius 2 is 1.81 bits per heavy atom. The van der Waals surface area contributed by atoms with Crippen molar-refractivity contribution < 1.29 is 25.5 Å². The van der Waals surface area contributed by atoms with Crippen LogP contribution in [0.1, 0.15) is 12.5 Å². The molecule has 21 heavy (non-hydrogen) atoms. The maximum Gasteiger partial charge on any atom is 0.173 e. The molecule has 0 heterocycles. The molecule has 1 aromatic carbocycles. The van der Waals surface area contributed by atoms with E-state index in [-0.39, 0.29) is 6.54 Å². The highest BCUT2D eigenvalue weighted by atomic mass is 16.4. The van der Waals surface area contributed by atoms with Gasteiger partial charge in [0.15, 0.2) is 5.72 Å². The smallest absolute Gasteiger partial charge is 0.173 e. The van der Waals surface area contributed by atoms with Gasteiger partial charge in [-0.2, -0.15) is 0 Å². The van der Waals surface area contributed by atoms with Crippen LogP contribution in [0.5, 0.6) is 0 Å². The van der Waals surface area contributed by atoms with Crippen LogP contribution >= 0.6 is 0 Å². The van der Waals surface area contributed by atoms with Gasteiger partial charge in [0.1, 0.15) is 12.2 Å². The van der Waals surface area contributed by atoms with Crippen molar-refractivity contribution in [3.8, 4) is 0 Å². The fourth-order valence-corrected chi connectivity index (χ4v) is 1.95. The Bertz CT molecular complexity index is 451. The normalized spacial score (nSPS) is 18.6. The molecule has 0 saturated carbocycles. The second-order valence-electron chi connectivity index (χ2n) is 5.03. The van der Waals surface area contributed by atoms with Crippen LogP contribution in [0.3, 0.4) is 0 Å². The molecule has 0 radical (unpaired) electrons. The Balaban J connectivity index is 2.81. The molecule has 0 fully saturated rings. The average Bonchev–Trinajstić information content (AvgIpc) is 2.51. The van der Waals surface area contributed by atoms with E-state index < -0.39 is 30.6 Å². The van der Waals surface area contributed by atoms with Crippen LogP contribution in [0, 0.1) is 0 Å². The van der Waals surface area contributed by atoms with Crippen LogP contribution in [0.15, 0.2) is 36.9 Å². The van der Waals surface area contributed by atoms with E-state index in [9.17, 15) is 20.4 Å². The number of aliphatic hydroxyl groups excluding tert-OH is 4. The van der Waals surface area contributed by atoms with E-state index in [0.717, 1.165) is 5.56 Å². The quantitative estimate of drug-likeness (QED) is 0.346. The van der Waals surface area contributed by atoms with E-state index in [2.05, 4.69) is 11.9 Å². The molecular formula is C15H23NO5. The lowest BCUT2D eigenvalue weighted by Gasteiger charge is -2.38. The lowest BCUT2D eigenvalue weighted by Crippen LogP contribution is -2.66. The van der Waals surface area contributed by atoms with Crippen molar-refractivity contribution in [2.75, 3.05) is 13.2 Å². The molecule has 1 rings (SSSR count). The van der Waals surface area contributed by atoms with Crippen LogP contribution < -0.4 is 5.32 Å². The number of hydrogen-bond donors (Lipinski definition) is 6. The zero-order chi connectivity index (χ0) is 16.0. The number of hydrogen-bond acceptors (Lipinski definition) is 6. The van der Waals surface area contributed by atoms with Crippen molar-refractivity contribution in [1.29, 1.82) is 0 Å². The standard InChI is InChI=1S/C15H23NO5/c1-10(12-6-4-3-5-7-12)8-16-15(21,13(19)9-17)14(20)11(2)18/h3-7,11,13-14,16-21H,1,8-9H2,2H3/t11-,13+,14+,15-/m0/s1. The topological polar surface area (TPSA) is 113 Å². The average molecular weight is 297 g/mol. The van der Waals surface area contributed by atoms with Gasteiger partial charge in [-0.05, 0) is 18.1 Å². The Labute approximate surface area is 124 Å². The molecule has 0 bridgehead atoms. The molecule has 0 aliphatic rings. The Kier molecular flexibility index (Phi) is 6.47. The van der Waals surface area contributed by atoms with Gasteiger partial charge >= 0.3 is 0 Å². The molecular weight excluding hydrogens is 274 g/mol. The van der Waals surface area contributed by atoms with E-state index in [4.69, 9.17) is 5.11 Å². The summed E-state index contributed by atoms with van der Waals surface area (Å²) in [5.74, 6) is 0. The monoisotopic (exact) mass is 297 g/mol. The second-order valence-corrected chi connectivity index (χ2v) is 5.03. The van der Waals surface area contributed by atoms with Crippen molar-refractivity contribution in [3.05, 3.63) is 42.5 Å². The fourth-order valence-electron chi connectivity index (χ4n) is 1.95. The van der Waals surface area contributed by atoms with Crippen LogP contribution in [0.2, 0.25) is 0 Å². The molecule has 0 aromatic heterocycles. The molecule has 1 aromatic rings. The fraction of sp³-hybridized carbons (Fsp3) is 0.467. The first-order valence-electron chi connectivity index (χ1n) is 6.68. The van der Waals surface area contributed by atoms with Crippen LogP contribution in [-0.2, 0) is 0 Å². The highest BCUT2D eigenvalue weighted by molar-refractivity contribution is 5.64. The van der Waals surface area contributed by atoms with Gasteiger partial charge in [0.05, 0.1) is 12.7 Å². The van der Waals surface area contributed by atoms with Crippen molar-refractivity contribution in [2.24, 2.45) is 0 Å². The molecule has 118 valence electrons. The highest BCUT2D eigenvalue weighted by Gasteiger charge is 2.44. The zero-order valence-corrected chi connectivity index (χ0v) is 12.0. The van der Waals surface area contributed by atoms with Gasteiger partial charge in [0.25, 0.3) is 0 Å². The molecule has 0 aliphatic heterocycles. The zero-order valence-electron chi connectivity index (χ0n) is 12.0. The summed E-state index contributed by atoms with van der Waals surface area (Å²) in [4.78, 5) is 0. The number of aliphatic hydroxyl groups is 5. The summed E-state index contributed by atoms with van der Waals surface area (Å²) in [6.07, 6.45) is -4.64. The third-order valence-corrected chi connectivity index (χ3v) is 3.36. The summed E-state index contributed by atoms with van der Waals surface area (Å²) >= 11 is 0. The first-order valence-corrected chi connectivity index (χ1v) is 6.68. The van der Waals surface area contributed by atoms with Crippen molar-refractivity contribution in [1.82, 2.24) is 5.32 Å². The minimum absolute atomic E-state index is 0.0569. The van der Waals surface area contributed by atoms with Crippen LogP contribution in [0.25, 0.3) is 5.57 Å². The molecule has 6 N–H and O–H groups in total. The number of nitrogens with one attached hydrogen (secondary N) is 1. The van der Waals surface area contributed by atoms with Gasteiger partial charge in [-0.3, -0.25) is 5.32 Å². The summed E-state index contributed by atoms with van der Waals surface area (Å²) in [6.45, 7) is 4.41. The summed E-state index contributed by atoms with van der Waals surface area (Å²) in [7, 11) is 0. The SMILES string of the molecule is C=C(CN[C@](O)([C@H](O)CO)[C@H](O)[C@H](C)O)c1ccccc1. The van der Waals surface area contributed by atoms with Gasteiger partial charge in [-0.25, -0.2) is 0 Å². The third kappa shape index (κ3) is 4.34. The maximum absolute atomic E-state index is 10.3. The summed E-state index contributed by atoms with van der Waals surface area (Å²) < 4.78 is 0. The third-order valence-electron chi connectivity index (χ3n) is 3.36. The van der Waals surface area contributed by atoms with E-state index in [1.165, 1.54) is 6.92 Å². The maximum atomic E-state index is 10.3. The molecule has 6 heteroatoms. The van der Waals surface area contributed by atoms with Gasteiger partial charge in [-0.15, -0.1) is 0 Å². The largest absolute Gasteiger partial charge is 0.394 e.